The van der Waals surface area contributed by atoms with Crippen LogP contribution in [0.3, 0.4) is 0 Å². The number of oxime groups is 1. The Hall–Kier alpha value is -0.770. The van der Waals surface area contributed by atoms with Crippen LogP contribution in [0.15, 0.2) is 5.16 Å². The standard InChI is InChI=1S/C11H23N3O/c1-10-4-2-7-14(9-6-10)8-3-5-11(12)13-15/h10,15H,2-9H2,1H3,(H2,12,13). The minimum absolute atomic E-state index is 0.346. The first-order valence-electron chi connectivity index (χ1n) is 5.91. The van der Waals surface area contributed by atoms with Gasteiger partial charge in [0.15, 0.2) is 0 Å². The van der Waals surface area contributed by atoms with Crippen LogP contribution in [0.4, 0.5) is 0 Å². The first kappa shape index (κ1) is 12.3. The van der Waals surface area contributed by atoms with E-state index in [1.807, 2.05) is 0 Å². The second kappa shape index (κ2) is 6.67. The molecule has 0 aromatic rings. The van der Waals surface area contributed by atoms with Gasteiger partial charge in [0.25, 0.3) is 0 Å². The van der Waals surface area contributed by atoms with Crippen LogP contribution in [0.2, 0.25) is 0 Å². The Morgan fingerprint density at radius 3 is 3.00 bits per heavy atom. The van der Waals surface area contributed by atoms with Gasteiger partial charge in [-0.15, -0.1) is 0 Å². The van der Waals surface area contributed by atoms with Crippen LogP contribution >= 0.6 is 0 Å². The number of amidine groups is 1. The molecule has 3 N–H and O–H groups in total. The molecule has 0 aliphatic carbocycles. The van der Waals surface area contributed by atoms with Crippen molar-refractivity contribution < 1.29 is 5.21 Å². The molecule has 0 amide bonds. The van der Waals surface area contributed by atoms with Crippen LogP contribution < -0.4 is 5.73 Å². The highest BCUT2D eigenvalue weighted by molar-refractivity contribution is 5.79. The van der Waals surface area contributed by atoms with E-state index in [1.54, 1.807) is 0 Å². The normalized spacial score (nSPS) is 25.1. The molecule has 4 heteroatoms. The molecule has 1 aliphatic heterocycles. The van der Waals surface area contributed by atoms with E-state index in [-0.39, 0.29) is 0 Å². The minimum Gasteiger partial charge on any atom is -0.409 e. The fourth-order valence-corrected chi connectivity index (χ4v) is 2.08. The van der Waals surface area contributed by atoms with Crippen LogP contribution in [-0.2, 0) is 0 Å². The van der Waals surface area contributed by atoms with E-state index in [1.165, 1.54) is 32.4 Å². The summed E-state index contributed by atoms with van der Waals surface area (Å²) in [5.41, 5.74) is 5.42. The summed E-state index contributed by atoms with van der Waals surface area (Å²) in [7, 11) is 0. The summed E-state index contributed by atoms with van der Waals surface area (Å²) in [6, 6.07) is 0. The molecule has 1 saturated heterocycles. The van der Waals surface area contributed by atoms with Gasteiger partial charge in [0.05, 0.1) is 0 Å². The average molecular weight is 213 g/mol. The number of hydrogen-bond acceptors (Lipinski definition) is 3. The molecule has 0 aromatic carbocycles. The predicted octanol–water partition coefficient (Wildman–Crippen LogP) is 1.63. The number of hydrogen-bond donors (Lipinski definition) is 2. The van der Waals surface area contributed by atoms with Gasteiger partial charge in [-0.25, -0.2) is 0 Å². The number of nitrogens with two attached hydrogens (primary N) is 1. The van der Waals surface area contributed by atoms with Crippen LogP contribution in [0.5, 0.6) is 0 Å². The van der Waals surface area contributed by atoms with Crippen molar-refractivity contribution in [2.24, 2.45) is 16.8 Å². The van der Waals surface area contributed by atoms with E-state index in [0.717, 1.165) is 18.9 Å². The topological polar surface area (TPSA) is 61.8 Å². The van der Waals surface area contributed by atoms with Gasteiger partial charge in [-0.05, 0) is 51.2 Å². The molecule has 0 aromatic heterocycles. The van der Waals surface area contributed by atoms with Crippen molar-refractivity contribution in [2.45, 2.75) is 39.0 Å². The van der Waals surface area contributed by atoms with Crippen molar-refractivity contribution in [3.8, 4) is 0 Å². The zero-order valence-electron chi connectivity index (χ0n) is 9.65. The summed E-state index contributed by atoms with van der Waals surface area (Å²) in [4.78, 5) is 2.49. The van der Waals surface area contributed by atoms with Crippen molar-refractivity contribution in [2.75, 3.05) is 19.6 Å². The highest BCUT2D eigenvalue weighted by atomic mass is 16.4. The third-order valence-corrected chi connectivity index (χ3v) is 3.15. The molecule has 0 spiro atoms. The highest BCUT2D eigenvalue weighted by Crippen LogP contribution is 2.16. The first-order chi connectivity index (χ1) is 7.22. The van der Waals surface area contributed by atoms with Crippen LogP contribution in [0.1, 0.15) is 39.0 Å². The molecule has 1 fully saturated rings. The van der Waals surface area contributed by atoms with E-state index in [4.69, 9.17) is 10.9 Å². The molecule has 88 valence electrons. The Morgan fingerprint density at radius 1 is 1.47 bits per heavy atom. The molecule has 1 aliphatic rings. The van der Waals surface area contributed by atoms with Crippen LogP contribution in [0, 0.1) is 5.92 Å². The number of likely N-dealkylation sites (tertiary alicyclic amines) is 1. The SMILES string of the molecule is CC1CCCN(CCCC(N)=NO)CC1. The maximum atomic E-state index is 8.40. The smallest absolute Gasteiger partial charge is 0.139 e. The summed E-state index contributed by atoms with van der Waals surface area (Å²) < 4.78 is 0. The molecular formula is C11H23N3O. The minimum atomic E-state index is 0.346. The molecule has 0 bridgehead atoms. The summed E-state index contributed by atoms with van der Waals surface area (Å²) in [6.07, 6.45) is 5.66. The average Bonchev–Trinajstić information content (AvgIpc) is 2.43. The van der Waals surface area contributed by atoms with Gasteiger partial charge >= 0.3 is 0 Å². The van der Waals surface area contributed by atoms with Crippen molar-refractivity contribution >= 4 is 5.84 Å². The third kappa shape index (κ3) is 5.02. The molecule has 1 heterocycles. The summed E-state index contributed by atoms with van der Waals surface area (Å²) in [6.45, 7) is 5.82. The Bertz CT molecular complexity index is 206. The lowest BCUT2D eigenvalue weighted by Gasteiger charge is -2.19. The molecule has 1 unspecified atom stereocenters. The van der Waals surface area contributed by atoms with Gasteiger partial charge in [0.1, 0.15) is 5.84 Å². The van der Waals surface area contributed by atoms with E-state index in [9.17, 15) is 0 Å². The zero-order valence-corrected chi connectivity index (χ0v) is 9.65. The van der Waals surface area contributed by atoms with E-state index in [2.05, 4.69) is 17.0 Å². The van der Waals surface area contributed by atoms with Gasteiger partial charge in [0, 0.05) is 6.42 Å². The highest BCUT2D eigenvalue weighted by Gasteiger charge is 2.12. The van der Waals surface area contributed by atoms with Crippen LogP contribution in [-0.4, -0.2) is 35.6 Å². The Balaban J connectivity index is 2.15. The van der Waals surface area contributed by atoms with Crippen molar-refractivity contribution in [1.82, 2.24) is 4.90 Å². The molecule has 15 heavy (non-hydrogen) atoms. The van der Waals surface area contributed by atoms with Crippen molar-refractivity contribution in [3.63, 3.8) is 0 Å². The molecule has 0 saturated carbocycles. The molecular weight excluding hydrogens is 190 g/mol. The molecule has 0 radical (unpaired) electrons. The van der Waals surface area contributed by atoms with E-state index in [0.29, 0.717) is 12.3 Å². The van der Waals surface area contributed by atoms with Crippen LogP contribution in [0.25, 0.3) is 0 Å². The number of nitrogens with zero attached hydrogens (tertiary/aromatic N) is 2. The molecule has 1 rings (SSSR count). The summed E-state index contributed by atoms with van der Waals surface area (Å²) in [5, 5.41) is 11.4. The maximum Gasteiger partial charge on any atom is 0.139 e. The summed E-state index contributed by atoms with van der Waals surface area (Å²) in [5.74, 6) is 1.22. The zero-order chi connectivity index (χ0) is 11.1. The lowest BCUT2D eigenvalue weighted by molar-refractivity contribution is 0.278. The largest absolute Gasteiger partial charge is 0.409 e. The monoisotopic (exact) mass is 213 g/mol. The van der Waals surface area contributed by atoms with Crippen molar-refractivity contribution in [1.29, 1.82) is 0 Å². The number of rotatable bonds is 4. The maximum absolute atomic E-state index is 8.40. The van der Waals surface area contributed by atoms with Gasteiger partial charge in [-0.2, -0.15) is 0 Å². The van der Waals surface area contributed by atoms with Gasteiger partial charge in [0.2, 0.25) is 0 Å². The van der Waals surface area contributed by atoms with E-state index >= 15 is 0 Å². The second-order valence-corrected chi connectivity index (χ2v) is 4.57. The Kier molecular flexibility index (Phi) is 5.47. The van der Waals surface area contributed by atoms with Gasteiger partial charge < -0.3 is 15.8 Å². The third-order valence-electron chi connectivity index (χ3n) is 3.15. The van der Waals surface area contributed by atoms with Gasteiger partial charge in [-0.3, -0.25) is 0 Å². The van der Waals surface area contributed by atoms with Crippen molar-refractivity contribution in [3.05, 3.63) is 0 Å². The fraction of sp³-hybridized carbons (Fsp3) is 0.909. The Labute approximate surface area is 92.1 Å². The first-order valence-corrected chi connectivity index (χ1v) is 5.91. The Morgan fingerprint density at radius 2 is 2.27 bits per heavy atom. The molecule has 4 nitrogen and oxygen atoms in total. The lowest BCUT2D eigenvalue weighted by atomic mass is 10.0. The van der Waals surface area contributed by atoms with E-state index < -0.39 is 0 Å². The summed E-state index contributed by atoms with van der Waals surface area (Å²) >= 11 is 0. The second-order valence-electron chi connectivity index (χ2n) is 4.57. The predicted molar refractivity (Wildman–Crippen MR) is 62.1 cm³/mol. The van der Waals surface area contributed by atoms with Gasteiger partial charge in [-0.1, -0.05) is 12.1 Å². The molecule has 1 atom stereocenters. The fourth-order valence-electron chi connectivity index (χ4n) is 2.08. The quantitative estimate of drug-likeness (QED) is 0.323. The lowest BCUT2D eigenvalue weighted by Crippen LogP contribution is -2.27.